The molecule has 0 radical (unpaired) electrons. The summed E-state index contributed by atoms with van der Waals surface area (Å²) in [6, 6.07) is 27.4. The van der Waals surface area contributed by atoms with Gasteiger partial charge in [-0.15, -0.1) is 0 Å². The third kappa shape index (κ3) is 8.74. The van der Waals surface area contributed by atoms with Gasteiger partial charge in [0.05, 0.1) is 10.6 Å². The Kier molecular flexibility index (Phi) is 11.1. The van der Waals surface area contributed by atoms with E-state index >= 15 is 0 Å². The second-order valence-electron chi connectivity index (χ2n) is 11.7. The van der Waals surface area contributed by atoms with Crippen molar-refractivity contribution in [1.82, 2.24) is 10.2 Å². The minimum absolute atomic E-state index is 0.00673. The number of carbonyl (C=O) groups is 2. The van der Waals surface area contributed by atoms with E-state index in [2.05, 4.69) is 5.32 Å². The van der Waals surface area contributed by atoms with Crippen molar-refractivity contribution in [1.29, 1.82) is 0 Å². The summed E-state index contributed by atoms with van der Waals surface area (Å²) in [5, 5.41) is 3.40. The van der Waals surface area contributed by atoms with Crippen molar-refractivity contribution in [2.45, 2.75) is 64.6 Å². The molecule has 1 atom stereocenters. The third-order valence-corrected chi connectivity index (χ3v) is 9.54. The van der Waals surface area contributed by atoms with Crippen molar-refractivity contribution >= 4 is 39.1 Å². The Bertz CT molecular complexity index is 1720. The lowest BCUT2D eigenvalue weighted by Gasteiger charge is -2.34. The number of halogens is 1. The number of carbonyl (C=O) groups excluding carboxylic acids is 2. The van der Waals surface area contributed by atoms with Crippen LogP contribution >= 0.6 is 11.6 Å². The number of amides is 2. The average Bonchev–Trinajstić information content (AvgIpc) is 2.98. The van der Waals surface area contributed by atoms with E-state index in [1.807, 2.05) is 77.1 Å². The molecule has 0 fully saturated rings. The Balaban J connectivity index is 1.84. The molecule has 1 N–H and O–H groups in total. The number of nitrogens with one attached hydrogen (secondary N) is 1. The first kappa shape index (κ1) is 33.7. The van der Waals surface area contributed by atoms with Gasteiger partial charge in [0, 0.05) is 24.0 Å². The normalized spacial score (nSPS) is 12.1. The first-order chi connectivity index (χ1) is 21.3. The lowest BCUT2D eigenvalue weighted by atomic mass is 10.0. The fourth-order valence-electron chi connectivity index (χ4n) is 5.21. The number of anilines is 1. The highest BCUT2D eigenvalue weighted by molar-refractivity contribution is 7.92. The second-order valence-corrected chi connectivity index (χ2v) is 13.9. The van der Waals surface area contributed by atoms with Crippen LogP contribution in [0.3, 0.4) is 0 Å². The molecule has 7 nitrogen and oxygen atoms in total. The van der Waals surface area contributed by atoms with Crippen LogP contribution in [0.5, 0.6) is 0 Å². The highest BCUT2D eigenvalue weighted by atomic mass is 35.5. The van der Waals surface area contributed by atoms with Gasteiger partial charge in [-0.25, -0.2) is 8.42 Å². The van der Waals surface area contributed by atoms with E-state index in [1.165, 1.54) is 4.90 Å². The molecule has 0 aromatic heterocycles. The van der Waals surface area contributed by atoms with E-state index in [4.69, 9.17) is 11.6 Å². The minimum atomic E-state index is -4.18. The van der Waals surface area contributed by atoms with Gasteiger partial charge in [0.2, 0.25) is 11.8 Å². The second kappa shape index (κ2) is 14.8. The van der Waals surface area contributed by atoms with Gasteiger partial charge in [-0.2, -0.15) is 0 Å². The molecule has 9 heteroatoms. The molecule has 2 amide bonds. The lowest BCUT2D eigenvalue weighted by molar-refractivity contribution is -0.140. The van der Waals surface area contributed by atoms with Gasteiger partial charge in [0.25, 0.3) is 10.0 Å². The van der Waals surface area contributed by atoms with Crippen molar-refractivity contribution in [3.63, 3.8) is 0 Å². The Morgan fingerprint density at radius 3 is 2.00 bits per heavy atom. The van der Waals surface area contributed by atoms with Gasteiger partial charge >= 0.3 is 0 Å². The van der Waals surface area contributed by atoms with E-state index < -0.39 is 28.5 Å². The standard InChI is InChI=1S/C36H40ClN3O4S/c1-25(2)38-36(42)34(22-29-11-7-6-8-12-29)39(23-30-13-9-10-14-33(30)37)35(41)24-40(31-20-27(4)19-28(5)21-31)45(43,44)32-17-15-26(3)16-18-32/h6-21,25,34H,22-24H2,1-5H3,(H,38,42). The first-order valence-electron chi connectivity index (χ1n) is 14.9. The average molecular weight is 646 g/mol. The van der Waals surface area contributed by atoms with E-state index in [9.17, 15) is 18.0 Å². The molecule has 0 bridgehead atoms. The Labute approximate surface area is 271 Å². The van der Waals surface area contributed by atoms with Crippen LogP contribution in [-0.4, -0.2) is 43.8 Å². The van der Waals surface area contributed by atoms with E-state index in [0.29, 0.717) is 16.3 Å². The maximum Gasteiger partial charge on any atom is 0.264 e. The molecule has 0 aliphatic carbocycles. The molecule has 0 saturated carbocycles. The molecule has 4 aromatic carbocycles. The van der Waals surface area contributed by atoms with Crippen LogP contribution in [0.4, 0.5) is 5.69 Å². The van der Waals surface area contributed by atoms with Crippen LogP contribution < -0.4 is 9.62 Å². The highest BCUT2D eigenvalue weighted by Crippen LogP contribution is 2.28. The molecule has 4 rings (SSSR count). The maximum atomic E-state index is 14.6. The molecule has 1 unspecified atom stereocenters. The smallest absolute Gasteiger partial charge is 0.264 e. The summed E-state index contributed by atoms with van der Waals surface area (Å²) in [4.78, 5) is 29.9. The number of benzene rings is 4. The van der Waals surface area contributed by atoms with Gasteiger partial charge in [-0.3, -0.25) is 13.9 Å². The van der Waals surface area contributed by atoms with Crippen LogP contribution in [0.1, 0.15) is 41.7 Å². The van der Waals surface area contributed by atoms with E-state index in [0.717, 1.165) is 26.6 Å². The molecule has 0 aliphatic rings. The zero-order valence-corrected chi connectivity index (χ0v) is 27.9. The Morgan fingerprint density at radius 1 is 0.800 bits per heavy atom. The summed E-state index contributed by atoms with van der Waals surface area (Å²) < 4.78 is 29.6. The largest absolute Gasteiger partial charge is 0.352 e. The van der Waals surface area contributed by atoms with Crippen LogP contribution in [-0.2, 0) is 32.6 Å². The molecule has 236 valence electrons. The van der Waals surface area contributed by atoms with Gasteiger partial charge < -0.3 is 10.2 Å². The van der Waals surface area contributed by atoms with Crippen LogP contribution in [0.15, 0.2) is 102 Å². The summed E-state index contributed by atoms with van der Waals surface area (Å²) in [6.07, 6.45) is 0.226. The molecular weight excluding hydrogens is 606 g/mol. The van der Waals surface area contributed by atoms with Crippen molar-refractivity contribution in [2.75, 3.05) is 10.8 Å². The SMILES string of the molecule is Cc1ccc(S(=O)(=O)N(CC(=O)N(Cc2ccccc2Cl)C(Cc2ccccc2)C(=O)NC(C)C)c2cc(C)cc(C)c2)cc1. The Morgan fingerprint density at radius 2 is 1.40 bits per heavy atom. The summed E-state index contributed by atoms with van der Waals surface area (Å²) >= 11 is 6.56. The number of nitrogens with zero attached hydrogens (tertiary/aromatic N) is 2. The van der Waals surface area contributed by atoms with Gasteiger partial charge in [-0.05, 0) is 87.2 Å². The van der Waals surface area contributed by atoms with Crippen LogP contribution in [0.25, 0.3) is 0 Å². The van der Waals surface area contributed by atoms with E-state index in [1.54, 1.807) is 54.6 Å². The summed E-state index contributed by atoms with van der Waals surface area (Å²) in [5.41, 5.74) is 4.48. The summed E-state index contributed by atoms with van der Waals surface area (Å²) in [6.45, 7) is 8.83. The molecule has 45 heavy (non-hydrogen) atoms. The minimum Gasteiger partial charge on any atom is -0.352 e. The summed E-state index contributed by atoms with van der Waals surface area (Å²) in [5.74, 6) is -0.877. The molecule has 4 aromatic rings. The maximum absolute atomic E-state index is 14.6. The third-order valence-electron chi connectivity index (χ3n) is 7.38. The topological polar surface area (TPSA) is 86.8 Å². The van der Waals surface area contributed by atoms with Gasteiger partial charge in [0.1, 0.15) is 12.6 Å². The molecular formula is C36H40ClN3O4S. The van der Waals surface area contributed by atoms with Gasteiger partial charge in [0.15, 0.2) is 0 Å². The predicted octanol–water partition coefficient (Wildman–Crippen LogP) is 6.63. The number of rotatable bonds is 12. The van der Waals surface area contributed by atoms with E-state index in [-0.39, 0.29) is 29.8 Å². The Hall–Kier alpha value is -4.14. The monoisotopic (exact) mass is 645 g/mol. The van der Waals surface area contributed by atoms with Crippen molar-refractivity contribution in [2.24, 2.45) is 0 Å². The number of aryl methyl sites for hydroxylation is 3. The zero-order valence-electron chi connectivity index (χ0n) is 26.3. The first-order valence-corrected chi connectivity index (χ1v) is 16.7. The molecule has 0 heterocycles. The van der Waals surface area contributed by atoms with Crippen molar-refractivity contribution < 1.29 is 18.0 Å². The molecule has 0 aliphatic heterocycles. The van der Waals surface area contributed by atoms with Crippen LogP contribution in [0.2, 0.25) is 5.02 Å². The highest BCUT2D eigenvalue weighted by Gasteiger charge is 2.35. The molecule has 0 spiro atoms. The fraction of sp³-hybridized carbons (Fsp3) is 0.278. The summed E-state index contributed by atoms with van der Waals surface area (Å²) in [7, 11) is -4.18. The number of hydrogen-bond acceptors (Lipinski definition) is 4. The lowest BCUT2D eigenvalue weighted by Crippen LogP contribution is -2.54. The number of sulfonamides is 1. The fourth-order valence-corrected chi connectivity index (χ4v) is 6.80. The van der Waals surface area contributed by atoms with Crippen LogP contribution in [0, 0.1) is 20.8 Å². The van der Waals surface area contributed by atoms with Crippen molar-refractivity contribution in [3.8, 4) is 0 Å². The quantitative estimate of drug-likeness (QED) is 0.188. The zero-order chi connectivity index (χ0) is 32.7. The number of hydrogen-bond donors (Lipinski definition) is 1. The molecule has 0 saturated heterocycles. The predicted molar refractivity (Wildman–Crippen MR) is 181 cm³/mol. The van der Waals surface area contributed by atoms with Gasteiger partial charge in [-0.1, -0.05) is 83.9 Å². The van der Waals surface area contributed by atoms with Crippen molar-refractivity contribution in [3.05, 3.63) is 130 Å².